The predicted octanol–water partition coefficient (Wildman–Crippen LogP) is 3.78. The number of fused-ring (bicyclic) bond motifs is 5. The van der Waals surface area contributed by atoms with Gasteiger partial charge in [0.15, 0.2) is 0 Å². The van der Waals surface area contributed by atoms with E-state index < -0.39 is 17.4 Å². The van der Waals surface area contributed by atoms with Crippen molar-refractivity contribution in [3.8, 4) is 0 Å². The summed E-state index contributed by atoms with van der Waals surface area (Å²) in [5, 5.41) is 5.71. The number of anilines is 1. The van der Waals surface area contributed by atoms with Crippen LogP contribution in [0.4, 0.5) is 19.0 Å². The highest BCUT2D eigenvalue weighted by Gasteiger charge is 2.49. The molecule has 1 aromatic carbocycles. The zero-order chi connectivity index (χ0) is 24.5. The molecule has 3 aromatic heterocycles. The molecule has 6 rings (SSSR count). The maximum atomic E-state index is 13.8. The molecule has 35 heavy (non-hydrogen) atoms. The van der Waals surface area contributed by atoms with E-state index in [9.17, 15) is 18.0 Å². The molecule has 0 saturated carbocycles. The summed E-state index contributed by atoms with van der Waals surface area (Å²) in [4.78, 5) is 23.8. The van der Waals surface area contributed by atoms with Gasteiger partial charge < -0.3 is 15.4 Å². The second-order valence-corrected chi connectivity index (χ2v) is 9.03. The standard InChI is InChI=1S/C24H21F3N6O2/c1-32-20-14-9-13(3-5-17(14)31-21(28)15(20)10-29-32)22(34)33-8-2-7-23(33)12-35-11-18-16(23)4-6-19(30-18)24(25,26)27/h3-6,9-10H,2,7-8,11-12H2,1H3,(H2,28,31). The lowest BCUT2D eigenvalue weighted by Crippen LogP contribution is -2.50. The number of nitrogen functional groups attached to an aromatic ring is 1. The summed E-state index contributed by atoms with van der Waals surface area (Å²) in [6, 6.07) is 7.65. The summed E-state index contributed by atoms with van der Waals surface area (Å²) >= 11 is 0. The van der Waals surface area contributed by atoms with Gasteiger partial charge in [-0.25, -0.2) is 9.97 Å². The molecule has 5 heterocycles. The van der Waals surface area contributed by atoms with E-state index in [-0.39, 0.29) is 24.8 Å². The minimum Gasteiger partial charge on any atom is -0.383 e. The third kappa shape index (κ3) is 3.18. The van der Waals surface area contributed by atoms with Crippen LogP contribution in [-0.2, 0) is 30.1 Å². The lowest BCUT2D eigenvalue weighted by molar-refractivity contribution is -0.141. The van der Waals surface area contributed by atoms with E-state index in [1.807, 2.05) is 0 Å². The normalized spacial score (nSPS) is 20.2. The van der Waals surface area contributed by atoms with Crippen LogP contribution in [0.5, 0.6) is 0 Å². The topological polar surface area (TPSA) is 99.2 Å². The van der Waals surface area contributed by atoms with Crippen molar-refractivity contribution < 1.29 is 22.7 Å². The first-order valence-electron chi connectivity index (χ1n) is 11.2. The van der Waals surface area contributed by atoms with E-state index in [1.165, 1.54) is 6.07 Å². The number of carbonyl (C=O) groups excluding carboxylic acids is 1. The van der Waals surface area contributed by atoms with Crippen LogP contribution in [0.25, 0.3) is 21.8 Å². The zero-order valence-corrected chi connectivity index (χ0v) is 18.8. The first-order valence-corrected chi connectivity index (χ1v) is 11.2. The van der Waals surface area contributed by atoms with Gasteiger partial charge in [-0.3, -0.25) is 9.48 Å². The van der Waals surface area contributed by atoms with Crippen LogP contribution in [0.1, 0.15) is 40.2 Å². The predicted molar refractivity (Wildman–Crippen MR) is 121 cm³/mol. The number of hydrogen-bond donors (Lipinski definition) is 1. The molecule has 2 N–H and O–H groups in total. The van der Waals surface area contributed by atoms with Crippen molar-refractivity contribution in [3.05, 3.63) is 59.0 Å². The van der Waals surface area contributed by atoms with Gasteiger partial charge in [0.1, 0.15) is 11.5 Å². The molecule has 0 bridgehead atoms. The molecule has 1 saturated heterocycles. The Morgan fingerprint density at radius 3 is 2.80 bits per heavy atom. The highest BCUT2D eigenvalue weighted by Crippen LogP contribution is 2.45. The van der Waals surface area contributed by atoms with Crippen molar-refractivity contribution in [1.82, 2.24) is 24.6 Å². The molecule has 2 aliphatic heterocycles. The Morgan fingerprint density at radius 1 is 1.17 bits per heavy atom. The summed E-state index contributed by atoms with van der Waals surface area (Å²) in [5.41, 5.74) is 6.95. The number of aryl methyl sites for hydroxylation is 1. The molecule has 0 aliphatic carbocycles. The Bertz CT molecular complexity index is 1510. The van der Waals surface area contributed by atoms with Crippen LogP contribution in [0.2, 0.25) is 0 Å². The van der Waals surface area contributed by atoms with Gasteiger partial charge in [0, 0.05) is 30.1 Å². The largest absolute Gasteiger partial charge is 0.433 e. The van der Waals surface area contributed by atoms with Gasteiger partial charge in [-0.05, 0) is 37.1 Å². The number of ether oxygens (including phenoxy) is 1. The Kier molecular flexibility index (Phi) is 4.59. The minimum absolute atomic E-state index is 0.0232. The summed E-state index contributed by atoms with van der Waals surface area (Å²) < 4.78 is 47.1. The number of alkyl halides is 3. The fourth-order valence-corrected chi connectivity index (χ4v) is 5.44. The fourth-order valence-electron chi connectivity index (χ4n) is 5.44. The van der Waals surface area contributed by atoms with Gasteiger partial charge in [0.05, 0.1) is 47.1 Å². The molecule has 8 nitrogen and oxygen atoms in total. The number of amides is 1. The lowest BCUT2D eigenvalue weighted by atomic mass is 9.84. The van der Waals surface area contributed by atoms with Gasteiger partial charge in [-0.15, -0.1) is 0 Å². The Morgan fingerprint density at radius 2 is 2.00 bits per heavy atom. The van der Waals surface area contributed by atoms with Crippen molar-refractivity contribution in [2.45, 2.75) is 31.2 Å². The molecular formula is C24H21F3N6O2. The molecule has 180 valence electrons. The van der Waals surface area contributed by atoms with Gasteiger partial charge in [0.2, 0.25) is 0 Å². The van der Waals surface area contributed by atoms with Crippen LogP contribution in [-0.4, -0.2) is 43.7 Å². The number of nitrogens with zero attached hydrogens (tertiary/aromatic N) is 5. The monoisotopic (exact) mass is 482 g/mol. The van der Waals surface area contributed by atoms with E-state index in [1.54, 1.807) is 41.0 Å². The van der Waals surface area contributed by atoms with Crippen LogP contribution < -0.4 is 5.73 Å². The van der Waals surface area contributed by atoms with Crippen molar-refractivity contribution in [1.29, 1.82) is 0 Å². The van der Waals surface area contributed by atoms with Crippen LogP contribution in [0.15, 0.2) is 36.5 Å². The van der Waals surface area contributed by atoms with Crippen LogP contribution in [0, 0.1) is 0 Å². The van der Waals surface area contributed by atoms with Crippen molar-refractivity contribution in [3.63, 3.8) is 0 Å². The first kappa shape index (κ1) is 21.8. The number of likely N-dealkylation sites (tertiary alicyclic amines) is 1. The lowest BCUT2D eigenvalue weighted by Gasteiger charge is -2.42. The number of benzene rings is 1. The molecule has 1 atom stereocenters. The molecule has 4 aromatic rings. The summed E-state index contributed by atoms with van der Waals surface area (Å²) in [6.07, 6.45) is -1.63. The number of rotatable bonds is 1. The SMILES string of the molecule is Cn1ncc2c(N)nc3ccc(C(=O)N4CCCC45COCc4nc(C(F)(F)F)ccc45)cc3c21. The van der Waals surface area contributed by atoms with Gasteiger partial charge >= 0.3 is 6.18 Å². The van der Waals surface area contributed by atoms with E-state index in [4.69, 9.17) is 10.5 Å². The average Bonchev–Trinajstić information content (AvgIpc) is 3.43. The number of nitrogens with two attached hydrogens (primary N) is 1. The van der Waals surface area contributed by atoms with Gasteiger partial charge in [0.25, 0.3) is 5.91 Å². The number of hydrogen-bond acceptors (Lipinski definition) is 6. The third-order valence-corrected chi connectivity index (χ3v) is 7.03. The van der Waals surface area contributed by atoms with E-state index in [0.717, 1.165) is 17.0 Å². The number of halogens is 3. The summed E-state index contributed by atoms with van der Waals surface area (Å²) in [5.74, 6) is 0.132. The third-order valence-electron chi connectivity index (χ3n) is 7.03. The second-order valence-electron chi connectivity index (χ2n) is 9.03. The summed E-state index contributed by atoms with van der Waals surface area (Å²) in [7, 11) is 1.80. The molecule has 0 radical (unpaired) electrons. The van der Waals surface area contributed by atoms with Crippen molar-refractivity contribution in [2.24, 2.45) is 7.05 Å². The molecule has 1 amide bonds. The maximum Gasteiger partial charge on any atom is 0.433 e. The average molecular weight is 482 g/mol. The highest BCUT2D eigenvalue weighted by molar-refractivity contribution is 6.10. The molecule has 1 fully saturated rings. The van der Waals surface area contributed by atoms with Gasteiger partial charge in [-0.1, -0.05) is 6.07 Å². The zero-order valence-electron chi connectivity index (χ0n) is 18.8. The van der Waals surface area contributed by atoms with Crippen molar-refractivity contribution >= 4 is 33.5 Å². The van der Waals surface area contributed by atoms with Crippen molar-refractivity contribution in [2.75, 3.05) is 18.9 Å². The molecule has 1 spiro atoms. The van der Waals surface area contributed by atoms with Gasteiger partial charge in [-0.2, -0.15) is 18.3 Å². The quantitative estimate of drug-likeness (QED) is 0.443. The van der Waals surface area contributed by atoms with E-state index in [0.29, 0.717) is 47.2 Å². The van der Waals surface area contributed by atoms with Crippen LogP contribution in [0.3, 0.4) is 0 Å². The Labute approximate surface area is 197 Å². The minimum atomic E-state index is -4.55. The Hall–Kier alpha value is -3.73. The maximum absolute atomic E-state index is 13.8. The first-order chi connectivity index (χ1) is 16.7. The second kappa shape index (κ2) is 7.38. The molecule has 11 heteroatoms. The number of carbonyl (C=O) groups is 1. The van der Waals surface area contributed by atoms with E-state index >= 15 is 0 Å². The Balaban J connectivity index is 1.44. The van der Waals surface area contributed by atoms with Crippen LogP contribution >= 0.6 is 0 Å². The molecule has 2 aliphatic rings. The molecule has 1 unspecified atom stereocenters. The smallest absolute Gasteiger partial charge is 0.383 e. The highest BCUT2D eigenvalue weighted by atomic mass is 19.4. The number of pyridine rings is 2. The fraction of sp³-hybridized carbons (Fsp3) is 0.333. The van der Waals surface area contributed by atoms with E-state index in [2.05, 4.69) is 15.1 Å². The molecular weight excluding hydrogens is 461 g/mol. The summed E-state index contributed by atoms with van der Waals surface area (Å²) in [6.45, 7) is 0.642. The number of aromatic nitrogens is 4.